The maximum absolute atomic E-state index is 5.87. The van der Waals surface area contributed by atoms with Gasteiger partial charge in [-0.15, -0.1) is 0 Å². The normalized spacial score (nSPS) is 15.2. The van der Waals surface area contributed by atoms with Crippen LogP contribution in [0.5, 0.6) is 0 Å². The molecule has 0 aliphatic heterocycles. The average molecular weight is 581 g/mol. The number of thiocarbonyl (C=S) groups is 1. The van der Waals surface area contributed by atoms with Crippen LogP contribution in [-0.2, 0) is 18.9 Å². The molecule has 8 heteroatoms. The lowest BCUT2D eigenvalue weighted by Gasteiger charge is -2.23. The summed E-state index contributed by atoms with van der Waals surface area (Å²) >= 11 is 5.16. The number of nitrogens with one attached hydrogen (secondary N) is 1. The topological polar surface area (TPSA) is 49.0 Å². The van der Waals surface area contributed by atoms with Crippen molar-refractivity contribution in [2.45, 2.75) is 109 Å². The van der Waals surface area contributed by atoms with Crippen LogP contribution in [0.15, 0.2) is 0 Å². The predicted octanol–water partition coefficient (Wildman–Crippen LogP) is 3.51. The molecule has 0 bridgehead atoms. The number of unbranched alkanes of at least 4 members (excludes halogenated alkanes) is 9. The van der Waals surface area contributed by atoms with Crippen molar-refractivity contribution in [2.75, 3.05) is 74.4 Å². The fourth-order valence-electron chi connectivity index (χ4n) is 4.84. The third kappa shape index (κ3) is 24.8. The van der Waals surface area contributed by atoms with Crippen LogP contribution in [0.2, 0.25) is 0 Å². The van der Waals surface area contributed by atoms with Gasteiger partial charge in [0.2, 0.25) is 0 Å². The number of hydrogen-bond acceptors (Lipinski definition) is 5. The predicted molar refractivity (Wildman–Crippen MR) is 159 cm³/mol. The van der Waals surface area contributed by atoms with Gasteiger partial charge in [0.25, 0.3) is 5.17 Å². The SMILES string of the molecule is CNC(=S)OC(COCCCCCCCCCCCCC1CCCCC1)COCCOCC[N+](C)(C)C.[Cl-]. The zero-order chi connectivity index (χ0) is 27.0. The molecule has 0 saturated heterocycles. The van der Waals surface area contributed by atoms with Crippen molar-refractivity contribution >= 4 is 17.4 Å². The Morgan fingerprint density at radius 3 is 1.84 bits per heavy atom. The molecule has 0 aromatic carbocycles. The van der Waals surface area contributed by atoms with Gasteiger partial charge in [-0.05, 0) is 24.6 Å². The van der Waals surface area contributed by atoms with E-state index < -0.39 is 0 Å². The number of halogens is 1. The van der Waals surface area contributed by atoms with Crippen molar-refractivity contribution in [3.63, 3.8) is 0 Å². The molecule has 0 spiro atoms. The highest BCUT2D eigenvalue weighted by Crippen LogP contribution is 2.28. The van der Waals surface area contributed by atoms with Crippen LogP contribution in [0, 0.1) is 5.92 Å². The van der Waals surface area contributed by atoms with Crippen molar-refractivity contribution in [2.24, 2.45) is 5.92 Å². The van der Waals surface area contributed by atoms with Gasteiger partial charge >= 0.3 is 0 Å². The first-order valence-corrected chi connectivity index (χ1v) is 15.7. The zero-order valence-corrected chi connectivity index (χ0v) is 26.9. The van der Waals surface area contributed by atoms with E-state index in [2.05, 4.69) is 26.5 Å². The van der Waals surface area contributed by atoms with E-state index in [4.69, 9.17) is 31.2 Å². The molecule has 0 radical (unpaired) electrons. The van der Waals surface area contributed by atoms with Crippen molar-refractivity contribution in [3.8, 4) is 0 Å². The Bertz CT molecular complexity index is 531. The van der Waals surface area contributed by atoms with E-state index in [0.717, 1.165) is 36.6 Å². The average Bonchev–Trinajstić information content (AvgIpc) is 2.87. The van der Waals surface area contributed by atoms with Crippen LogP contribution in [0.4, 0.5) is 0 Å². The van der Waals surface area contributed by atoms with Gasteiger partial charge in [0.1, 0.15) is 12.6 Å². The highest BCUT2D eigenvalue weighted by Gasteiger charge is 2.14. The summed E-state index contributed by atoms with van der Waals surface area (Å²) < 4.78 is 23.9. The monoisotopic (exact) mass is 580 g/mol. The van der Waals surface area contributed by atoms with Crippen LogP contribution in [0.3, 0.4) is 0 Å². The van der Waals surface area contributed by atoms with E-state index in [9.17, 15) is 0 Å². The summed E-state index contributed by atoms with van der Waals surface area (Å²) in [4.78, 5) is 0. The molecule has 1 aliphatic carbocycles. The Morgan fingerprint density at radius 2 is 1.26 bits per heavy atom. The number of quaternary nitrogens is 1. The van der Waals surface area contributed by atoms with E-state index in [-0.39, 0.29) is 18.5 Å². The lowest BCUT2D eigenvalue weighted by molar-refractivity contribution is -0.870. The summed E-state index contributed by atoms with van der Waals surface area (Å²) in [5.41, 5.74) is 0. The molecular formula is C30H61ClN2O4S. The Morgan fingerprint density at radius 1 is 0.737 bits per heavy atom. The summed E-state index contributed by atoms with van der Waals surface area (Å²) in [7, 11) is 8.25. The number of ether oxygens (including phenoxy) is 4. The molecule has 1 rings (SSSR count). The van der Waals surface area contributed by atoms with Crippen LogP contribution in [-0.4, -0.2) is 90.1 Å². The molecular weight excluding hydrogens is 520 g/mol. The van der Waals surface area contributed by atoms with Crippen molar-refractivity contribution < 1.29 is 35.8 Å². The molecule has 1 unspecified atom stereocenters. The van der Waals surface area contributed by atoms with Crippen LogP contribution < -0.4 is 17.7 Å². The van der Waals surface area contributed by atoms with Crippen LogP contribution in [0.25, 0.3) is 0 Å². The third-order valence-corrected chi connectivity index (χ3v) is 7.54. The second-order valence-electron chi connectivity index (χ2n) is 11.9. The highest BCUT2D eigenvalue weighted by molar-refractivity contribution is 7.80. The molecule has 0 heterocycles. The minimum Gasteiger partial charge on any atom is -1.00 e. The van der Waals surface area contributed by atoms with E-state index in [1.54, 1.807) is 7.05 Å². The first-order valence-electron chi connectivity index (χ1n) is 15.3. The van der Waals surface area contributed by atoms with Crippen molar-refractivity contribution in [1.29, 1.82) is 0 Å². The molecule has 1 atom stereocenters. The summed E-state index contributed by atoms with van der Waals surface area (Å²) in [5, 5.41) is 3.24. The fraction of sp³-hybridized carbons (Fsp3) is 0.967. The van der Waals surface area contributed by atoms with Gasteiger partial charge < -0.3 is 41.2 Å². The van der Waals surface area contributed by atoms with Gasteiger partial charge in [-0.1, -0.05) is 96.3 Å². The first-order chi connectivity index (χ1) is 17.9. The first kappa shape index (κ1) is 37.8. The lowest BCUT2D eigenvalue weighted by Crippen LogP contribution is -3.00. The second kappa shape index (κ2) is 25.8. The molecule has 38 heavy (non-hydrogen) atoms. The third-order valence-electron chi connectivity index (χ3n) is 7.24. The van der Waals surface area contributed by atoms with E-state index in [1.807, 2.05) is 0 Å². The number of nitrogens with zero attached hydrogens (tertiary/aromatic N) is 1. The molecule has 1 aliphatic rings. The molecule has 6 nitrogen and oxygen atoms in total. The summed E-state index contributed by atoms with van der Waals surface area (Å²) in [5.74, 6) is 1.06. The molecule has 0 aromatic heterocycles. The highest BCUT2D eigenvalue weighted by atomic mass is 35.5. The Balaban J connectivity index is 0.0000137. The summed E-state index contributed by atoms with van der Waals surface area (Å²) in [6.07, 6.45) is 22.3. The maximum Gasteiger partial charge on any atom is 0.256 e. The standard InChI is InChI=1S/C30H60N2O4S.ClH/c1-31-30(37)36-29(27-35-25-24-33-23-21-32(2,3)4)26-34-22-17-12-10-8-6-5-7-9-11-14-18-28-19-15-13-16-20-28;/h28-29H,5-27H2,1-4H3;1H. The van der Waals surface area contributed by atoms with Gasteiger partial charge in [0.15, 0.2) is 0 Å². The quantitative estimate of drug-likeness (QED) is 0.107. The lowest BCUT2D eigenvalue weighted by atomic mass is 9.85. The van der Waals surface area contributed by atoms with Crippen LogP contribution in [0.1, 0.15) is 103 Å². The minimum atomic E-state index is -0.200. The van der Waals surface area contributed by atoms with E-state index >= 15 is 0 Å². The minimum absolute atomic E-state index is 0. The van der Waals surface area contributed by atoms with Crippen molar-refractivity contribution in [1.82, 2.24) is 5.32 Å². The van der Waals surface area contributed by atoms with Crippen LogP contribution >= 0.6 is 12.2 Å². The molecule has 0 amide bonds. The van der Waals surface area contributed by atoms with Gasteiger partial charge in [-0.2, -0.15) is 0 Å². The number of rotatable bonds is 24. The zero-order valence-electron chi connectivity index (χ0n) is 25.3. The molecule has 1 fully saturated rings. The Hall–Kier alpha value is -0.180. The summed E-state index contributed by atoms with van der Waals surface area (Å²) in [6, 6.07) is 0. The molecule has 1 saturated carbocycles. The summed E-state index contributed by atoms with van der Waals surface area (Å²) in [6.45, 7) is 4.55. The molecule has 228 valence electrons. The Labute approximate surface area is 247 Å². The smallest absolute Gasteiger partial charge is 0.256 e. The second-order valence-corrected chi connectivity index (χ2v) is 12.3. The largest absolute Gasteiger partial charge is 1.00 e. The maximum atomic E-state index is 5.87. The van der Waals surface area contributed by atoms with E-state index in [0.29, 0.717) is 31.6 Å². The van der Waals surface area contributed by atoms with Gasteiger partial charge in [0, 0.05) is 13.7 Å². The van der Waals surface area contributed by atoms with Crippen molar-refractivity contribution in [3.05, 3.63) is 0 Å². The molecule has 1 N–H and O–H groups in total. The molecule has 0 aromatic rings. The fourth-order valence-corrected chi connectivity index (χ4v) is 4.98. The Kier molecular flexibility index (Phi) is 25.6. The van der Waals surface area contributed by atoms with Gasteiger partial charge in [0.05, 0.1) is 54.2 Å². The number of hydrogen-bond donors (Lipinski definition) is 1. The van der Waals surface area contributed by atoms with Gasteiger partial charge in [-0.25, -0.2) is 0 Å². The van der Waals surface area contributed by atoms with Gasteiger partial charge in [-0.3, -0.25) is 0 Å². The van der Waals surface area contributed by atoms with E-state index in [1.165, 1.54) is 96.3 Å². The number of likely N-dealkylation sites (N-methyl/N-ethyl adjacent to an activating group) is 1.